The van der Waals surface area contributed by atoms with Crippen LogP contribution >= 0.6 is 11.3 Å². The van der Waals surface area contributed by atoms with Gasteiger partial charge in [-0.15, -0.1) is 11.3 Å². The number of aliphatic carboxylic acids is 1. The van der Waals surface area contributed by atoms with Crippen molar-refractivity contribution in [3.05, 3.63) is 21.4 Å². The zero-order valence-corrected chi connectivity index (χ0v) is 12.0. The van der Waals surface area contributed by atoms with Crippen molar-refractivity contribution in [3.8, 4) is 0 Å². The van der Waals surface area contributed by atoms with Crippen LogP contribution < -0.4 is 5.32 Å². The molecule has 1 saturated carbocycles. The van der Waals surface area contributed by atoms with Crippen LogP contribution in [0.3, 0.4) is 0 Å². The number of rotatable bonds is 4. The van der Waals surface area contributed by atoms with E-state index in [-0.39, 0.29) is 17.9 Å². The molecule has 0 aliphatic heterocycles. The van der Waals surface area contributed by atoms with Crippen LogP contribution in [0.2, 0.25) is 0 Å². The Bertz CT molecular complexity index is 495. The van der Waals surface area contributed by atoms with Crippen molar-refractivity contribution >= 4 is 23.2 Å². The van der Waals surface area contributed by atoms with Crippen molar-refractivity contribution in [2.75, 3.05) is 0 Å². The largest absolute Gasteiger partial charge is 0.481 e. The van der Waals surface area contributed by atoms with E-state index >= 15 is 0 Å². The van der Waals surface area contributed by atoms with Gasteiger partial charge >= 0.3 is 5.97 Å². The number of carbonyl (C=O) groups is 2. The molecule has 19 heavy (non-hydrogen) atoms. The second-order valence-electron chi connectivity index (χ2n) is 5.09. The Morgan fingerprint density at radius 2 is 2.21 bits per heavy atom. The fraction of sp³-hybridized carbons (Fsp3) is 0.571. The molecular weight excluding hydrogens is 262 g/mol. The minimum Gasteiger partial charge on any atom is -0.481 e. The molecule has 5 heteroatoms. The number of carboxylic acid groups (broad SMARTS) is 1. The minimum atomic E-state index is -0.753. The molecule has 1 aromatic heterocycles. The molecule has 2 atom stereocenters. The molecule has 2 rings (SSSR count). The number of hydrogen-bond acceptors (Lipinski definition) is 3. The van der Waals surface area contributed by atoms with E-state index in [1.807, 2.05) is 13.0 Å². The highest BCUT2D eigenvalue weighted by Gasteiger charge is 2.30. The zero-order valence-electron chi connectivity index (χ0n) is 11.2. The Morgan fingerprint density at radius 1 is 1.47 bits per heavy atom. The summed E-state index contributed by atoms with van der Waals surface area (Å²) in [5, 5.41) is 11.9. The smallest absolute Gasteiger partial charge is 0.306 e. The van der Waals surface area contributed by atoms with Crippen molar-refractivity contribution in [1.82, 2.24) is 5.32 Å². The monoisotopic (exact) mass is 281 g/mol. The van der Waals surface area contributed by atoms with E-state index in [0.717, 1.165) is 23.3 Å². The Kier molecular flexibility index (Phi) is 4.24. The maximum atomic E-state index is 12.1. The summed E-state index contributed by atoms with van der Waals surface area (Å²) < 4.78 is 0. The highest BCUT2D eigenvalue weighted by atomic mass is 32.1. The fourth-order valence-electron chi connectivity index (χ4n) is 2.58. The molecule has 0 unspecified atom stereocenters. The Hall–Kier alpha value is -1.36. The molecule has 1 aliphatic rings. The molecule has 0 aromatic carbocycles. The van der Waals surface area contributed by atoms with E-state index in [0.29, 0.717) is 12.8 Å². The van der Waals surface area contributed by atoms with Gasteiger partial charge < -0.3 is 10.4 Å². The van der Waals surface area contributed by atoms with Gasteiger partial charge in [-0.1, -0.05) is 6.92 Å². The van der Waals surface area contributed by atoms with Gasteiger partial charge in [0.25, 0.3) is 5.91 Å². The molecule has 1 amide bonds. The van der Waals surface area contributed by atoms with Crippen LogP contribution in [0.15, 0.2) is 6.07 Å². The molecule has 1 fully saturated rings. The van der Waals surface area contributed by atoms with Crippen molar-refractivity contribution in [3.63, 3.8) is 0 Å². The van der Waals surface area contributed by atoms with Gasteiger partial charge in [-0.2, -0.15) is 0 Å². The highest BCUT2D eigenvalue weighted by molar-refractivity contribution is 7.14. The Balaban J connectivity index is 1.96. The average molecular weight is 281 g/mol. The van der Waals surface area contributed by atoms with Gasteiger partial charge in [0.15, 0.2) is 0 Å². The molecule has 1 aliphatic carbocycles. The second kappa shape index (κ2) is 5.74. The van der Waals surface area contributed by atoms with E-state index in [4.69, 9.17) is 5.11 Å². The third-order valence-corrected chi connectivity index (χ3v) is 5.06. The first kappa shape index (κ1) is 14.1. The van der Waals surface area contributed by atoms with Crippen LogP contribution in [0, 0.1) is 12.8 Å². The molecule has 104 valence electrons. The predicted octanol–water partition coefficient (Wildman–Crippen LogP) is 2.60. The lowest BCUT2D eigenvalue weighted by molar-refractivity contribution is -0.141. The third-order valence-electron chi connectivity index (χ3n) is 3.68. The quantitative estimate of drug-likeness (QED) is 0.891. The summed E-state index contributed by atoms with van der Waals surface area (Å²) in [5.41, 5.74) is 1.16. The van der Waals surface area contributed by atoms with E-state index in [1.165, 1.54) is 16.2 Å². The first-order valence-corrected chi connectivity index (χ1v) is 7.45. The van der Waals surface area contributed by atoms with Gasteiger partial charge in [0.05, 0.1) is 10.8 Å². The van der Waals surface area contributed by atoms with E-state index in [2.05, 4.69) is 12.2 Å². The van der Waals surface area contributed by atoms with Crippen molar-refractivity contribution in [2.45, 2.75) is 45.6 Å². The summed E-state index contributed by atoms with van der Waals surface area (Å²) in [6.45, 7) is 4.09. The summed E-state index contributed by atoms with van der Waals surface area (Å²) in [5.74, 6) is -1.12. The standard InChI is InChI=1S/C14H19NO3S/c1-3-11-8(2)6-12(19-11)13(16)15-10-5-4-9(7-10)14(17)18/h6,9-10H,3-5,7H2,1-2H3,(H,15,16)(H,17,18)/t9-,10+/m1/s1. The van der Waals surface area contributed by atoms with Crippen LogP contribution in [0.4, 0.5) is 0 Å². The van der Waals surface area contributed by atoms with E-state index < -0.39 is 5.97 Å². The molecular formula is C14H19NO3S. The fourth-order valence-corrected chi connectivity index (χ4v) is 3.59. The summed E-state index contributed by atoms with van der Waals surface area (Å²) in [4.78, 5) is 25.0. The summed E-state index contributed by atoms with van der Waals surface area (Å²) >= 11 is 1.53. The molecule has 0 bridgehead atoms. The van der Waals surface area contributed by atoms with Gasteiger partial charge in [0.1, 0.15) is 0 Å². The number of hydrogen-bond donors (Lipinski definition) is 2. The van der Waals surface area contributed by atoms with Crippen LogP contribution in [0.1, 0.15) is 46.3 Å². The third kappa shape index (κ3) is 3.15. The molecule has 0 saturated heterocycles. The predicted molar refractivity (Wildman–Crippen MR) is 74.7 cm³/mol. The lowest BCUT2D eigenvalue weighted by atomic mass is 10.1. The zero-order chi connectivity index (χ0) is 14.0. The summed E-state index contributed by atoms with van der Waals surface area (Å²) in [6.07, 6.45) is 2.90. The number of carbonyl (C=O) groups excluding carboxylic acids is 1. The van der Waals surface area contributed by atoms with Crippen LogP contribution in [-0.2, 0) is 11.2 Å². The Labute approximate surface area is 116 Å². The highest BCUT2D eigenvalue weighted by Crippen LogP contribution is 2.27. The van der Waals surface area contributed by atoms with Gasteiger partial charge in [-0.3, -0.25) is 9.59 Å². The lowest BCUT2D eigenvalue weighted by Gasteiger charge is -2.11. The molecule has 0 spiro atoms. The number of amides is 1. The number of aryl methyl sites for hydroxylation is 2. The van der Waals surface area contributed by atoms with Crippen LogP contribution in [0.25, 0.3) is 0 Å². The van der Waals surface area contributed by atoms with Gasteiger partial charge in [-0.05, 0) is 44.2 Å². The Morgan fingerprint density at radius 3 is 2.74 bits per heavy atom. The van der Waals surface area contributed by atoms with E-state index in [9.17, 15) is 9.59 Å². The summed E-state index contributed by atoms with van der Waals surface area (Å²) in [7, 11) is 0. The van der Waals surface area contributed by atoms with Crippen molar-refractivity contribution in [1.29, 1.82) is 0 Å². The first-order valence-electron chi connectivity index (χ1n) is 6.64. The van der Waals surface area contributed by atoms with Crippen molar-refractivity contribution in [2.24, 2.45) is 5.92 Å². The van der Waals surface area contributed by atoms with Gasteiger partial charge in [-0.25, -0.2) is 0 Å². The molecule has 1 heterocycles. The normalized spacial score (nSPS) is 22.4. The summed E-state index contributed by atoms with van der Waals surface area (Å²) in [6, 6.07) is 1.92. The minimum absolute atomic E-state index is 0.00100. The van der Waals surface area contributed by atoms with E-state index in [1.54, 1.807) is 0 Å². The van der Waals surface area contributed by atoms with Gasteiger partial charge in [0.2, 0.25) is 0 Å². The maximum Gasteiger partial charge on any atom is 0.306 e. The number of nitrogens with one attached hydrogen (secondary N) is 1. The van der Waals surface area contributed by atoms with Crippen LogP contribution in [0.5, 0.6) is 0 Å². The first-order chi connectivity index (χ1) is 9.01. The average Bonchev–Trinajstić information content (AvgIpc) is 2.95. The molecule has 0 radical (unpaired) electrons. The topological polar surface area (TPSA) is 66.4 Å². The SMILES string of the molecule is CCc1sc(C(=O)N[C@H]2CC[C@@H](C(=O)O)C2)cc1C. The lowest BCUT2D eigenvalue weighted by Crippen LogP contribution is -2.32. The molecule has 4 nitrogen and oxygen atoms in total. The number of thiophene rings is 1. The maximum absolute atomic E-state index is 12.1. The second-order valence-corrected chi connectivity index (χ2v) is 6.23. The molecule has 2 N–H and O–H groups in total. The molecule has 1 aromatic rings. The van der Waals surface area contributed by atoms with Gasteiger partial charge in [0, 0.05) is 10.9 Å². The van der Waals surface area contributed by atoms with Crippen molar-refractivity contribution < 1.29 is 14.7 Å². The van der Waals surface area contributed by atoms with Crippen LogP contribution in [-0.4, -0.2) is 23.0 Å². The number of carboxylic acids is 1.